The molecule has 15 heavy (non-hydrogen) atoms. The molecule has 0 aliphatic carbocycles. The Morgan fingerprint density at radius 3 is 2.53 bits per heavy atom. The Morgan fingerprint density at radius 2 is 2.13 bits per heavy atom. The van der Waals surface area contributed by atoms with Crippen LogP contribution in [0.25, 0.3) is 0 Å². The van der Waals surface area contributed by atoms with E-state index in [0.29, 0.717) is 4.88 Å². The number of carbonyl (C=O) groups excluding carboxylic acids is 1. The van der Waals surface area contributed by atoms with Crippen molar-refractivity contribution in [1.29, 1.82) is 0 Å². The van der Waals surface area contributed by atoms with Crippen molar-refractivity contribution >= 4 is 43.8 Å². The van der Waals surface area contributed by atoms with Crippen molar-refractivity contribution < 1.29 is 9.00 Å². The van der Waals surface area contributed by atoms with Crippen LogP contribution in [-0.2, 0) is 10.8 Å². The van der Waals surface area contributed by atoms with Crippen molar-refractivity contribution in [3.8, 4) is 0 Å². The van der Waals surface area contributed by atoms with Crippen molar-refractivity contribution in [2.45, 2.75) is 25.5 Å². The molecule has 1 heterocycles. The summed E-state index contributed by atoms with van der Waals surface area (Å²) in [6, 6.07) is 1.83. The summed E-state index contributed by atoms with van der Waals surface area (Å²) in [5.74, 6) is 0.0490. The first-order chi connectivity index (χ1) is 6.82. The van der Waals surface area contributed by atoms with Crippen LogP contribution in [0.2, 0.25) is 0 Å². The molecule has 1 atom stereocenters. The third kappa shape index (κ3) is 3.50. The molecule has 84 valence electrons. The smallest absolute Gasteiger partial charge is 0.186 e. The van der Waals surface area contributed by atoms with Gasteiger partial charge in [-0.05, 0) is 48.1 Å². The van der Waals surface area contributed by atoms with E-state index in [4.69, 9.17) is 0 Å². The van der Waals surface area contributed by atoms with Gasteiger partial charge in [-0.15, -0.1) is 11.3 Å². The van der Waals surface area contributed by atoms with Gasteiger partial charge in [0.25, 0.3) is 0 Å². The highest BCUT2D eigenvalue weighted by atomic mass is 79.9. The Bertz CT molecular complexity index is 390. The molecule has 0 fully saturated rings. The Morgan fingerprint density at radius 1 is 1.53 bits per heavy atom. The monoisotopic (exact) mass is 308 g/mol. The van der Waals surface area contributed by atoms with Gasteiger partial charge >= 0.3 is 0 Å². The highest BCUT2D eigenvalue weighted by Crippen LogP contribution is 2.24. The highest BCUT2D eigenvalue weighted by Gasteiger charge is 2.23. The zero-order valence-electron chi connectivity index (χ0n) is 8.87. The van der Waals surface area contributed by atoms with Crippen LogP contribution in [0.4, 0.5) is 0 Å². The lowest BCUT2D eigenvalue weighted by Crippen LogP contribution is -2.27. The van der Waals surface area contributed by atoms with Gasteiger partial charge in [0.05, 0.1) is 10.6 Å². The second-order valence-electron chi connectivity index (χ2n) is 4.12. The number of rotatable bonds is 3. The van der Waals surface area contributed by atoms with E-state index >= 15 is 0 Å². The highest BCUT2D eigenvalue weighted by molar-refractivity contribution is 9.10. The SMILES string of the molecule is CC(C)(C)S(=O)CC(=O)c1sccc1Br. The fourth-order valence-electron chi connectivity index (χ4n) is 0.894. The van der Waals surface area contributed by atoms with Gasteiger partial charge in [0.15, 0.2) is 5.78 Å². The van der Waals surface area contributed by atoms with Gasteiger partial charge in [-0.3, -0.25) is 9.00 Å². The lowest BCUT2D eigenvalue weighted by Gasteiger charge is -2.16. The molecule has 0 aliphatic rings. The molecule has 1 aromatic heterocycles. The standard InChI is InChI=1S/C10H13BrO2S2/c1-10(2,3)15(13)6-8(12)9-7(11)4-5-14-9/h4-5H,6H2,1-3H3. The molecule has 0 radical (unpaired) electrons. The van der Waals surface area contributed by atoms with Gasteiger partial charge in [-0.2, -0.15) is 0 Å². The number of thiophene rings is 1. The minimum Gasteiger partial charge on any atom is -0.292 e. The topological polar surface area (TPSA) is 34.1 Å². The molecule has 2 nitrogen and oxygen atoms in total. The Hall–Kier alpha value is -0.000000000000000111. The average Bonchev–Trinajstić information content (AvgIpc) is 2.49. The largest absolute Gasteiger partial charge is 0.292 e. The maximum Gasteiger partial charge on any atom is 0.186 e. The van der Waals surface area contributed by atoms with Crippen LogP contribution in [0, 0.1) is 0 Å². The summed E-state index contributed by atoms with van der Waals surface area (Å²) in [6.07, 6.45) is 0. The van der Waals surface area contributed by atoms with Crippen LogP contribution in [-0.4, -0.2) is 20.5 Å². The fraction of sp³-hybridized carbons (Fsp3) is 0.500. The summed E-state index contributed by atoms with van der Waals surface area (Å²) >= 11 is 4.68. The molecule has 0 bridgehead atoms. The van der Waals surface area contributed by atoms with Crippen LogP contribution in [0.5, 0.6) is 0 Å². The third-order valence-corrected chi connectivity index (χ3v) is 5.58. The van der Waals surface area contributed by atoms with Crippen LogP contribution < -0.4 is 0 Å². The normalized spacial score (nSPS) is 13.9. The summed E-state index contributed by atoms with van der Waals surface area (Å²) in [5.41, 5.74) is 0. The van der Waals surface area contributed by atoms with E-state index in [1.165, 1.54) is 11.3 Å². The summed E-state index contributed by atoms with van der Waals surface area (Å²) in [5, 5.41) is 1.84. The number of ketones is 1. The quantitative estimate of drug-likeness (QED) is 0.803. The molecule has 1 aromatic rings. The maximum absolute atomic E-state index is 11.8. The first-order valence-corrected chi connectivity index (χ1v) is 7.46. The van der Waals surface area contributed by atoms with Crippen LogP contribution in [0.15, 0.2) is 15.9 Å². The average molecular weight is 309 g/mol. The summed E-state index contributed by atoms with van der Waals surface area (Å²) in [6.45, 7) is 5.62. The second kappa shape index (κ2) is 4.89. The van der Waals surface area contributed by atoms with Gasteiger partial charge in [0.1, 0.15) is 0 Å². The van der Waals surface area contributed by atoms with Gasteiger partial charge in [0.2, 0.25) is 0 Å². The molecule has 0 saturated heterocycles. The van der Waals surface area contributed by atoms with E-state index < -0.39 is 10.8 Å². The molecule has 0 amide bonds. The summed E-state index contributed by atoms with van der Waals surface area (Å²) in [7, 11) is -1.12. The van der Waals surface area contributed by atoms with E-state index in [-0.39, 0.29) is 16.3 Å². The molecule has 0 aromatic carbocycles. The predicted octanol–water partition coefficient (Wildman–Crippen LogP) is 3.24. The van der Waals surface area contributed by atoms with E-state index in [2.05, 4.69) is 15.9 Å². The Balaban J connectivity index is 2.74. The van der Waals surface area contributed by atoms with Crippen LogP contribution >= 0.6 is 27.3 Å². The van der Waals surface area contributed by atoms with E-state index in [9.17, 15) is 9.00 Å². The molecular formula is C10H13BrO2S2. The molecule has 1 rings (SSSR count). The molecule has 0 N–H and O–H groups in total. The van der Waals surface area contributed by atoms with Gasteiger partial charge < -0.3 is 0 Å². The van der Waals surface area contributed by atoms with Gasteiger partial charge in [0, 0.05) is 20.0 Å². The fourth-order valence-corrected chi connectivity index (χ4v) is 3.33. The molecular weight excluding hydrogens is 296 g/mol. The zero-order valence-corrected chi connectivity index (χ0v) is 12.1. The van der Waals surface area contributed by atoms with Crippen molar-refractivity contribution in [3.05, 3.63) is 20.8 Å². The van der Waals surface area contributed by atoms with Crippen molar-refractivity contribution in [1.82, 2.24) is 0 Å². The first-order valence-electron chi connectivity index (χ1n) is 4.47. The maximum atomic E-state index is 11.8. The Kier molecular flexibility index (Phi) is 4.26. The minimum atomic E-state index is -1.12. The minimum absolute atomic E-state index is 0.0508. The number of Topliss-reactive ketones (excluding diaryl/α,β-unsaturated/α-hetero) is 1. The van der Waals surface area contributed by atoms with Crippen molar-refractivity contribution in [3.63, 3.8) is 0 Å². The van der Waals surface area contributed by atoms with Crippen molar-refractivity contribution in [2.75, 3.05) is 5.75 Å². The molecule has 0 saturated carbocycles. The zero-order chi connectivity index (χ0) is 11.6. The number of halogens is 1. The number of hydrogen-bond donors (Lipinski definition) is 0. The predicted molar refractivity (Wildman–Crippen MR) is 69.1 cm³/mol. The van der Waals surface area contributed by atoms with Gasteiger partial charge in [-0.1, -0.05) is 0 Å². The second-order valence-corrected chi connectivity index (χ2v) is 8.10. The lowest BCUT2D eigenvalue weighted by atomic mass is 10.3. The molecule has 0 aliphatic heterocycles. The van der Waals surface area contributed by atoms with E-state index in [0.717, 1.165) is 4.47 Å². The van der Waals surface area contributed by atoms with Crippen LogP contribution in [0.3, 0.4) is 0 Å². The summed E-state index contributed by atoms with van der Waals surface area (Å²) < 4.78 is 12.2. The Labute approximate surface area is 105 Å². The number of hydrogen-bond acceptors (Lipinski definition) is 3. The number of carbonyl (C=O) groups is 1. The van der Waals surface area contributed by atoms with E-state index in [1.807, 2.05) is 32.2 Å². The summed E-state index contributed by atoms with van der Waals surface area (Å²) in [4.78, 5) is 12.4. The van der Waals surface area contributed by atoms with E-state index in [1.54, 1.807) is 0 Å². The van der Waals surface area contributed by atoms with Gasteiger partial charge in [-0.25, -0.2) is 0 Å². The molecule has 1 unspecified atom stereocenters. The van der Waals surface area contributed by atoms with Crippen LogP contribution in [0.1, 0.15) is 30.4 Å². The first kappa shape index (κ1) is 13.1. The third-order valence-electron chi connectivity index (χ3n) is 1.82. The molecule has 5 heteroatoms. The lowest BCUT2D eigenvalue weighted by molar-refractivity contribution is 0.102. The van der Waals surface area contributed by atoms with Crippen molar-refractivity contribution in [2.24, 2.45) is 0 Å². The molecule has 0 spiro atoms.